The van der Waals surface area contributed by atoms with Crippen LogP contribution in [0.5, 0.6) is 23.0 Å². The molecule has 39 heavy (non-hydrogen) atoms. The summed E-state index contributed by atoms with van der Waals surface area (Å²) >= 11 is 0. The van der Waals surface area contributed by atoms with Crippen molar-refractivity contribution < 1.29 is 70.9 Å². The zero-order valence-corrected chi connectivity index (χ0v) is 18.1. The summed E-state index contributed by atoms with van der Waals surface area (Å²) in [7, 11) is 0. The van der Waals surface area contributed by atoms with E-state index in [2.05, 4.69) is 9.47 Å². The summed E-state index contributed by atoms with van der Waals surface area (Å²) in [6.45, 7) is 0. The highest BCUT2D eigenvalue weighted by molar-refractivity contribution is 5.56. The van der Waals surface area contributed by atoms with Crippen molar-refractivity contribution in [3.8, 4) is 23.0 Å². The summed E-state index contributed by atoms with van der Waals surface area (Å²) in [6.07, 6.45) is -16.6. The minimum Gasteiger partial charge on any atom is -0.453 e. The number of benzene rings is 3. The lowest BCUT2D eigenvalue weighted by Gasteiger charge is -2.19. The number of nitrogen functional groups attached to an aromatic ring is 2. The van der Waals surface area contributed by atoms with Gasteiger partial charge in [-0.3, -0.25) is 0 Å². The summed E-state index contributed by atoms with van der Waals surface area (Å²) in [4.78, 5) is 0. The molecule has 4 N–H and O–H groups in total. The normalized spacial score (nSPS) is 12.6. The fourth-order valence-corrected chi connectivity index (χ4v) is 2.98. The molecule has 0 atom stereocenters. The number of halogens is 14. The Kier molecular flexibility index (Phi) is 7.22. The van der Waals surface area contributed by atoms with Gasteiger partial charge in [0, 0.05) is 6.07 Å². The van der Waals surface area contributed by atoms with Crippen molar-refractivity contribution in [3.63, 3.8) is 0 Å². The van der Waals surface area contributed by atoms with Gasteiger partial charge in [0.25, 0.3) is 0 Å². The molecule has 0 amide bonds. The number of alkyl halides is 9. The molecule has 3 aromatic carbocycles. The van der Waals surface area contributed by atoms with Crippen molar-refractivity contribution in [3.05, 3.63) is 70.0 Å². The zero-order valence-electron chi connectivity index (χ0n) is 18.1. The molecule has 212 valence electrons. The van der Waals surface area contributed by atoms with E-state index >= 15 is 0 Å². The predicted octanol–water partition coefficient (Wildman–Crippen LogP) is 8.19. The summed E-state index contributed by atoms with van der Waals surface area (Å²) in [5.74, 6) is -17.6. The first kappa shape index (κ1) is 29.4. The van der Waals surface area contributed by atoms with Gasteiger partial charge in [-0.1, -0.05) is 0 Å². The number of anilines is 2. The minimum atomic E-state index is -5.57. The number of nitrogens with two attached hydrogens (primary N) is 2. The second-order valence-electron chi connectivity index (χ2n) is 7.40. The third-order valence-corrected chi connectivity index (χ3v) is 4.79. The SMILES string of the molecule is Nc1c(F)c(Oc2cc(Oc3cc(C(F)(F)F)c(F)c(N)c3F)c(C(F)(F)F)cc2F)cc(C(F)(F)F)c1F. The van der Waals surface area contributed by atoms with Gasteiger partial charge in [-0.25, -0.2) is 22.0 Å². The number of rotatable bonds is 4. The molecule has 3 aromatic rings. The van der Waals surface area contributed by atoms with Gasteiger partial charge in [0.15, 0.2) is 46.3 Å². The van der Waals surface area contributed by atoms with Gasteiger partial charge in [0.1, 0.15) is 22.7 Å². The smallest absolute Gasteiger partial charge is 0.420 e. The van der Waals surface area contributed by atoms with E-state index in [4.69, 9.17) is 11.5 Å². The molecule has 0 radical (unpaired) electrons. The van der Waals surface area contributed by atoms with Crippen LogP contribution in [0.3, 0.4) is 0 Å². The third-order valence-electron chi connectivity index (χ3n) is 4.79. The zero-order chi connectivity index (χ0) is 29.8. The van der Waals surface area contributed by atoms with Crippen molar-refractivity contribution >= 4 is 11.4 Å². The van der Waals surface area contributed by atoms with Gasteiger partial charge in [0.2, 0.25) is 0 Å². The largest absolute Gasteiger partial charge is 0.453 e. The lowest BCUT2D eigenvalue weighted by Crippen LogP contribution is -2.13. The van der Waals surface area contributed by atoms with Crippen LogP contribution in [0.4, 0.5) is 72.8 Å². The Balaban J connectivity index is 2.21. The summed E-state index contributed by atoms with van der Waals surface area (Å²) in [6, 6.07) is -1.37. The summed E-state index contributed by atoms with van der Waals surface area (Å²) in [5, 5.41) is 0. The van der Waals surface area contributed by atoms with E-state index in [-0.39, 0.29) is 12.1 Å². The van der Waals surface area contributed by atoms with E-state index in [0.717, 1.165) is 0 Å². The van der Waals surface area contributed by atoms with Crippen LogP contribution in [0.25, 0.3) is 0 Å². The van der Waals surface area contributed by atoms with Gasteiger partial charge >= 0.3 is 18.5 Å². The van der Waals surface area contributed by atoms with Crippen molar-refractivity contribution in [2.75, 3.05) is 11.5 Å². The Morgan fingerprint density at radius 1 is 0.436 bits per heavy atom. The number of hydrogen-bond acceptors (Lipinski definition) is 4. The topological polar surface area (TPSA) is 70.5 Å². The van der Waals surface area contributed by atoms with Crippen molar-refractivity contribution in [2.45, 2.75) is 18.5 Å². The fraction of sp³-hybridized carbons (Fsp3) is 0.143. The molecule has 0 spiro atoms. The highest BCUT2D eigenvalue weighted by Crippen LogP contribution is 2.46. The standard InChI is InChI=1S/C21H8F14N2O2/c22-8-1-5(19(27,28)29)9(38-11-2-6(20(30,31)32)13(23)17(36)15(11)25)4-10(8)39-12-3-7(21(33,34)35)14(24)18(37)16(12)26/h1-4H,36-37H2. The minimum absolute atomic E-state index is 0.156. The molecule has 0 saturated carbocycles. The maximum absolute atomic E-state index is 14.4. The lowest BCUT2D eigenvalue weighted by atomic mass is 10.1. The molecule has 0 saturated heterocycles. The van der Waals surface area contributed by atoms with Gasteiger partial charge < -0.3 is 20.9 Å². The van der Waals surface area contributed by atoms with Crippen LogP contribution >= 0.6 is 0 Å². The van der Waals surface area contributed by atoms with E-state index in [1.807, 2.05) is 0 Å². The highest BCUT2D eigenvalue weighted by atomic mass is 19.4. The molecule has 18 heteroatoms. The Labute approximate surface area is 206 Å². The van der Waals surface area contributed by atoms with Crippen LogP contribution < -0.4 is 20.9 Å². The predicted molar refractivity (Wildman–Crippen MR) is 103 cm³/mol. The summed E-state index contributed by atoms with van der Waals surface area (Å²) in [5.41, 5.74) is -0.428. The molecule has 0 aliphatic carbocycles. The molecule has 0 unspecified atom stereocenters. The van der Waals surface area contributed by atoms with Crippen molar-refractivity contribution in [1.29, 1.82) is 0 Å². The molecule has 0 aliphatic heterocycles. The highest BCUT2D eigenvalue weighted by Gasteiger charge is 2.40. The molecular formula is C21H8F14N2O2. The van der Waals surface area contributed by atoms with Gasteiger partial charge in [-0.15, -0.1) is 0 Å². The number of hydrogen-bond donors (Lipinski definition) is 2. The molecule has 0 bridgehead atoms. The fourth-order valence-electron chi connectivity index (χ4n) is 2.98. The van der Waals surface area contributed by atoms with Crippen LogP contribution in [0, 0.1) is 29.1 Å². The average molecular weight is 586 g/mol. The monoisotopic (exact) mass is 586 g/mol. The molecule has 4 nitrogen and oxygen atoms in total. The maximum atomic E-state index is 14.4. The first-order valence-electron chi connectivity index (χ1n) is 9.60. The average Bonchev–Trinajstić information content (AvgIpc) is 2.79. The molecule has 0 fully saturated rings. The van der Waals surface area contributed by atoms with Crippen LogP contribution in [0.1, 0.15) is 16.7 Å². The molecule has 0 heterocycles. The Hall–Kier alpha value is -4.12. The Bertz CT molecular complexity index is 1450. The second-order valence-corrected chi connectivity index (χ2v) is 7.40. The summed E-state index contributed by atoms with van der Waals surface area (Å²) < 4.78 is 198. The Morgan fingerprint density at radius 3 is 1.15 bits per heavy atom. The van der Waals surface area contributed by atoms with Crippen molar-refractivity contribution in [1.82, 2.24) is 0 Å². The van der Waals surface area contributed by atoms with E-state index in [1.54, 1.807) is 0 Å². The quantitative estimate of drug-likeness (QED) is 0.239. The van der Waals surface area contributed by atoms with Gasteiger partial charge in [-0.05, 0) is 18.2 Å². The molecular weight excluding hydrogens is 578 g/mol. The second kappa shape index (κ2) is 9.57. The van der Waals surface area contributed by atoms with E-state index in [0.29, 0.717) is 0 Å². The van der Waals surface area contributed by atoms with Crippen LogP contribution in [0.2, 0.25) is 0 Å². The van der Waals surface area contributed by atoms with E-state index < -0.39 is 111 Å². The first-order valence-corrected chi connectivity index (χ1v) is 9.60. The first-order chi connectivity index (χ1) is 17.6. The van der Waals surface area contributed by atoms with Crippen LogP contribution in [-0.4, -0.2) is 0 Å². The lowest BCUT2D eigenvalue weighted by molar-refractivity contribution is -0.141. The van der Waals surface area contributed by atoms with Gasteiger partial charge in [0.05, 0.1) is 11.1 Å². The van der Waals surface area contributed by atoms with Crippen LogP contribution in [0.15, 0.2) is 24.3 Å². The van der Waals surface area contributed by atoms with Gasteiger partial charge in [-0.2, -0.15) is 39.5 Å². The van der Waals surface area contributed by atoms with Crippen LogP contribution in [-0.2, 0) is 18.5 Å². The Morgan fingerprint density at radius 2 is 0.795 bits per heavy atom. The van der Waals surface area contributed by atoms with Crippen molar-refractivity contribution in [2.24, 2.45) is 0 Å². The molecule has 3 rings (SSSR count). The van der Waals surface area contributed by atoms with E-state index in [9.17, 15) is 61.5 Å². The van der Waals surface area contributed by atoms with E-state index in [1.165, 1.54) is 0 Å². The molecule has 0 aliphatic rings. The third kappa shape index (κ3) is 5.68. The molecule has 0 aromatic heterocycles. The maximum Gasteiger partial charge on any atom is 0.420 e. The number of ether oxygens (including phenoxy) is 2.